The van der Waals surface area contributed by atoms with Crippen LogP contribution in [-0.2, 0) is 16.6 Å². The number of hydrogen-bond acceptors (Lipinski definition) is 4. The number of rotatable bonds is 2. The monoisotopic (exact) mass is 266 g/mol. The number of nitrogens with zero attached hydrogens (tertiary/aromatic N) is 2. The minimum Gasteiger partial charge on any atom is -0.492 e. The summed E-state index contributed by atoms with van der Waals surface area (Å²) in [5.74, 6) is 0.708. The van der Waals surface area contributed by atoms with Crippen molar-refractivity contribution in [1.29, 1.82) is 5.26 Å². The number of hydrogen-bond donors (Lipinski definition) is 0. The first-order chi connectivity index (χ1) is 8.55. The zero-order valence-corrected chi connectivity index (χ0v) is 10.9. The predicted octanol–water partition coefficient (Wildman–Crippen LogP) is 1.12. The van der Waals surface area contributed by atoms with E-state index in [9.17, 15) is 8.42 Å². The lowest BCUT2D eigenvalue weighted by Gasteiger charge is -2.20. The van der Waals surface area contributed by atoms with Gasteiger partial charge in [-0.3, -0.25) is 0 Å². The molecule has 0 bridgehead atoms. The fraction of sp³-hybridized carbons (Fsp3) is 0.417. The van der Waals surface area contributed by atoms with Gasteiger partial charge < -0.3 is 4.74 Å². The fourth-order valence-corrected chi connectivity index (χ4v) is 3.04. The number of nitriles is 1. The molecule has 0 saturated heterocycles. The maximum atomic E-state index is 12.1. The van der Waals surface area contributed by atoms with Gasteiger partial charge in [0.15, 0.2) is 5.25 Å². The van der Waals surface area contributed by atoms with E-state index in [0.29, 0.717) is 12.4 Å². The molecule has 18 heavy (non-hydrogen) atoms. The number of ether oxygens (including phenoxy) is 1. The third kappa shape index (κ3) is 2.33. The molecule has 1 aliphatic rings. The second-order valence-electron chi connectivity index (χ2n) is 4.11. The van der Waals surface area contributed by atoms with Crippen LogP contribution >= 0.6 is 0 Å². The standard InChI is InChI=1S/C12H14N2O3S/c1-10(8-13)18(15,16)14-6-7-17-12-5-3-2-4-11(12)9-14/h2-5,10H,6-7,9H2,1H3. The summed E-state index contributed by atoms with van der Waals surface area (Å²) in [5.41, 5.74) is 0.823. The van der Waals surface area contributed by atoms with Crippen molar-refractivity contribution >= 4 is 10.0 Å². The normalized spacial score (nSPS) is 18.0. The molecule has 1 unspecified atom stereocenters. The van der Waals surface area contributed by atoms with Crippen molar-refractivity contribution in [3.05, 3.63) is 29.8 Å². The molecule has 96 valence electrons. The average molecular weight is 266 g/mol. The van der Waals surface area contributed by atoms with Gasteiger partial charge in [0, 0.05) is 18.7 Å². The molecule has 6 heteroatoms. The fourth-order valence-electron chi connectivity index (χ4n) is 1.81. The van der Waals surface area contributed by atoms with Crippen molar-refractivity contribution in [3.63, 3.8) is 0 Å². The SMILES string of the molecule is CC(C#N)S(=O)(=O)N1CCOc2ccccc2C1. The van der Waals surface area contributed by atoms with Gasteiger partial charge in [-0.2, -0.15) is 9.57 Å². The van der Waals surface area contributed by atoms with Crippen LogP contribution in [0.5, 0.6) is 5.75 Å². The molecule has 0 N–H and O–H groups in total. The van der Waals surface area contributed by atoms with Crippen molar-refractivity contribution in [3.8, 4) is 11.8 Å². The van der Waals surface area contributed by atoms with E-state index in [0.717, 1.165) is 5.56 Å². The van der Waals surface area contributed by atoms with Gasteiger partial charge in [-0.15, -0.1) is 0 Å². The van der Waals surface area contributed by atoms with Gasteiger partial charge in [-0.05, 0) is 13.0 Å². The van der Waals surface area contributed by atoms with Crippen molar-refractivity contribution in [2.75, 3.05) is 13.2 Å². The third-order valence-electron chi connectivity index (χ3n) is 2.91. The average Bonchev–Trinajstić information content (AvgIpc) is 2.60. The molecule has 1 aliphatic heterocycles. The largest absolute Gasteiger partial charge is 0.492 e. The lowest BCUT2D eigenvalue weighted by molar-refractivity contribution is 0.292. The molecule has 0 spiro atoms. The van der Waals surface area contributed by atoms with Crippen LogP contribution in [-0.4, -0.2) is 31.1 Å². The van der Waals surface area contributed by atoms with E-state index in [-0.39, 0.29) is 13.1 Å². The Morgan fingerprint density at radius 3 is 2.89 bits per heavy atom. The van der Waals surface area contributed by atoms with Crippen LogP contribution in [0.2, 0.25) is 0 Å². The van der Waals surface area contributed by atoms with E-state index in [1.165, 1.54) is 11.2 Å². The molecule has 0 radical (unpaired) electrons. The Balaban J connectivity index is 2.31. The summed E-state index contributed by atoms with van der Waals surface area (Å²) in [6, 6.07) is 9.12. The Morgan fingerprint density at radius 1 is 1.44 bits per heavy atom. The van der Waals surface area contributed by atoms with Crippen LogP contribution in [0.3, 0.4) is 0 Å². The molecular formula is C12H14N2O3S. The van der Waals surface area contributed by atoms with Crippen LogP contribution in [0, 0.1) is 11.3 Å². The van der Waals surface area contributed by atoms with Gasteiger partial charge in [-0.1, -0.05) is 18.2 Å². The van der Waals surface area contributed by atoms with Crippen LogP contribution in [0.1, 0.15) is 12.5 Å². The summed E-state index contributed by atoms with van der Waals surface area (Å²) < 4.78 is 31.1. The second-order valence-corrected chi connectivity index (χ2v) is 6.36. The molecule has 2 rings (SSSR count). The third-order valence-corrected chi connectivity index (χ3v) is 4.94. The zero-order chi connectivity index (χ0) is 13.2. The van der Waals surface area contributed by atoms with Gasteiger partial charge in [0.1, 0.15) is 12.4 Å². The summed E-state index contributed by atoms with van der Waals surface area (Å²) in [7, 11) is -3.59. The highest BCUT2D eigenvalue weighted by Crippen LogP contribution is 2.24. The minimum absolute atomic E-state index is 0.254. The highest BCUT2D eigenvalue weighted by Gasteiger charge is 2.30. The minimum atomic E-state index is -3.59. The number of fused-ring (bicyclic) bond motifs is 1. The molecule has 1 aromatic carbocycles. The molecule has 1 aromatic rings. The number of benzene rings is 1. The molecular weight excluding hydrogens is 252 g/mol. The van der Waals surface area contributed by atoms with E-state index in [2.05, 4.69) is 0 Å². The summed E-state index contributed by atoms with van der Waals surface area (Å²) >= 11 is 0. The van der Waals surface area contributed by atoms with E-state index in [1.54, 1.807) is 6.07 Å². The topological polar surface area (TPSA) is 70.4 Å². The molecule has 0 amide bonds. The first-order valence-electron chi connectivity index (χ1n) is 5.65. The van der Waals surface area contributed by atoms with Crippen molar-refractivity contribution in [2.24, 2.45) is 0 Å². The van der Waals surface area contributed by atoms with Crippen LogP contribution in [0.15, 0.2) is 24.3 Å². The molecule has 0 fully saturated rings. The van der Waals surface area contributed by atoms with Gasteiger partial charge in [0.2, 0.25) is 10.0 Å². The second kappa shape index (κ2) is 4.96. The molecule has 0 saturated carbocycles. The maximum Gasteiger partial charge on any atom is 0.230 e. The zero-order valence-electron chi connectivity index (χ0n) is 10.0. The number of para-hydroxylation sites is 1. The molecule has 1 heterocycles. The van der Waals surface area contributed by atoms with Crippen LogP contribution in [0.25, 0.3) is 0 Å². The molecule has 0 aliphatic carbocycles. The summed E-state index contributed by atoms with van der Waals surface area (Å²) in [4.78, 5) is 0. The first kappa shape index (κ1) is 12.9. The molecule has 5 nitrogen and oxygen atoms in total. The van der Waals surface area contributed by atoms with Gasteiger partial charge in [0.05, 0.1) is 6.07 Å². The molecule has 0 aromatic heterocycles. The van der Waals surface area contributed by atoms with E-state index >= 15 is 0 Å². The highest BCUT2D eigenvalue weighted by atomic mass is 32.2. The summed E-state index contributed by atoms with van der Waals surface area (Å²) in [6.07, 6.45) is 0. The lowest BCUT2D eigenvalue weighted by atomic mass is 10.2. The van der Waals surface area contributed by atoms with Crippen molar-refractivity contribution in [1.82, 2.24) is 4.31 Å². The van der Waals surface area contributed by atoms with Gasteiger partial charge in [0.25, 0.3) is 0 Å². The van der Waals surface area contributed by atoms with Crippen molar-refractivity contribution < 1.29 is 13.2 Å². The Kier molecular flexibility index (Phi) is 3.55. The van der Waals surface area contributed by atoms with E-state index < -0.39 is 15.3 Å². The van der Waals surface area contributed by atoms with E-state index in [4.69, 9.17) is 10.00 Å². The molecule has 1 atom stereocenters. The predicted molar refractivity (Wildman–Crippen MR) is 66.3 cm³/mol. The smallest absolute Gasteiger partial charge is 0.230 e. The van der Waals surface area contributed by atoms with Crippen LogP contribution in [0.4, 0.5) is 0 Å². The Labute approximate surface area is 107 Å². The Morgan fingerprint density at radius 2 is 2.17 bits per heavy atom. The summed E-state index contributed by atoms with van der Waals surface area (Å²) in [6.45, 7) is 2.22. The van der Waals surface area contributed by atoms with Gasteiger partial charge in [-0.25, -0.2) is 8.42 Å². The first-order valence-corrected chi connectivity index (χ1v) is 7.15. The lowest BCUT2D eigenvalue weighted by Crippen LogP contribution is -2.37. The Bertz CT molecular complexity index is 577. The summed E-state index contributed by atoms with van der Waals surface area (Å²) in [5, 5.41) is 7.74. The van der Waals surface area contributed by atoms with Crippen LogP contribution < -0.4 is 4.74 Å². The number of sulfonamides is 1. The highest BCUT2D eigenvalue weighted by molar-refractivity contribution is 7.89. The van der Waals surface area contributed by atoms with Crippen molar-refractivity contribution in [2.45, 2.75) is 18.7 Å². The quantitative estimate of drug-likeness (QED) is 0.804. The van der Waals surface area contributed by atoms with Gasteiger partial charge >= 0.3 is 0 Å². The van der Waals surface area contributed by atoms with E-state index in [1.807, 2.05) is 24.3 Å². The Hall–Kier alpha value is -1.58. The maximum absolute atomic E-state index is 12.1.